The van der Waals surface area contributed by atoms with Gasteiger partial charge in [0, 0.05) is 18.8 Å². The van der Waals surface area contributed by atoms with E-state index in [1.165, 1.54) is 57.3 Å². The second kappa shape index (κ2) is 17.5. The quantitative estimate of drug-likeness (QED) is 0.134. The van der Waals surface area contributed by atoms with Crippen molar-refractivity contribution in [1.29, 1.82) is 0 Å². The van der Waals surface area contributed by atoms with Crippen molar-refractivity contribution in [3.05, 3.63) is 56.6 Å². The van der Waals surface area contributed by atoms with Crippen LogP contribution >= 0.6 is 0 Å². The van der Waals surface area contributed by atoms with Crippen molar-refractivity contribution >= 4 is 43.5 Å². The summed E-state index contributed by atoms with van der Waals surface area (Å²) in [6.45, 7) is 6.05. The van der Waals surface area contributed by atoms with Crippen molar-refractivity contribution in [2.75, 3.05) is 43.0 Å². The molecule has 4 aliphatic carbocycles. The molecule has 0 radical (unpaired) electrons. The lowest BCUT2D eigenvalue weighted by atomic mass is 9.99. The fourth-order valence-corrected chi connectivity index (χ4v) is 8.32. The zero-order valence-corrected chi connectivity index (χ0v) is 29.8. The third kappa shape index (κ3) is 10.4. The highest BCUT2D eigenvalue weighted by Crippen LogP contribution is 2.40. The summed E-state index contributed by atoms with van der Waals surface area (Å²) in [4.78, 5) is 26.7. The zero-order valence-electron chi connectivity index (χ0n) is 28.2. The molecule has 0 bridgehead atoms. The van der Waals surface area contributed by atoms with Crippen molar-refractivity contribution in [1.82, 2.24) is 15.4 Å². The second-order valence-electron chi connectivity index (χ2n) is 12.6. The van der Waals surface area contributed by atoms with Crippen LogP contribution in [0.4, 0.5) is 16.2 Å². The van der Waals surface area contributed by atoms with E-state index in [-0.39, 0.29) is 11.5 Å². The summed E-state index contributed by atoms with van der Waals surface area (Å²) in [6.07, 6.45) is 14.8. The summed E-state index contributed by atoms with van der Waals surface area (Å²) in [5, 5.41) is 13.3. The lowest BCUT2D eigenvalue weighted by Crippen LogP contribution is -2.38. The van der Waals surface area contributed by atoms with Crippen LogP contribution in [0.2, 0.25) is 0 Å². The Bertz CT molecular complexity index is 1670. The molecule has 2 amide bonds. The third-order valence-electron chi connectivity index (χ3n) is 9.17. The highest BCUT2D eigenvalue weighted by atomic mass is 32.2. The Balaban J connectivity index is 0.000000184. The largest absolute Gasteiger partial charge is 0.332 e. The van der Waals surface area contributed by atoms with Crippen molar-refractivity contribution < 1.29 is 26.4 Å². The number of fused-ring (bicyclic) bond motifs is 4. The van der Waals surface area contributed by atoms with Gasteiger partial charge in [-0.25, -0.2) is 36.3 Å². The monoisotopic (exact) mass is 702 g/mol. The highest BCUT2D eigenvalue weighted by Gasteiger charge is 2.26. The number of nitrogens with zero attached hydrogens (tertiary/aromatic N) is 1. The zero-order chi connectivity index (χ0) is 34.7. The second-order valence-corrected chi connectivity index (χ2v) is 16.2. The van der Waals surface area contributed by atoms with Gasteiger partial charge in [0.2, 0.25) is 26.1 Å². The maximum atomic E-state index is 12.2. The van der Waals surface area contributed by atoms with Crippen LogP contribution in [-0.4, -0.2) is 66.6 Å². The van der Waals surface area contributed by atoms with Crippen LogP contribution < -0.4 is 25.8 Å². The summed E-state index contributed by atoms with van der Waals surface area (Å²) in [6, 6.07) is 3.97. The Hall–Kier alpha value is -3.13. The topological polar surface area (TPSA) is 189 Å². The van der Waals surface area contributed by atoms with Crippen LogP contribution in [0, 0.1) is 0 Å². The van der Waals surface area contributed by atoms with E-state index in [0.717, 1.165) is 82.1 Å². The van der Waals surface area contributed by atoms with E-state index in [2.05, 4.69) is 37.8 Å². The fourth-order valence-electron chi connectivity index (χ4n) is 7.04. The predicted octanol–water partition coefficient (Wildman–Crippen LogP) is 3.24. The molecule has 0 saturated heterocycles. The number of urea groups is 1. The van der Waals surface area contributed by atoms with Gasteiger partial charge in [0.15, 0.2) is 0 Å². The molecule has 48 heavy (non-hydrogen) atoms. The van der Waals surface area contributed by atoms with Crippen LogP contribution in [0.15, 0.2) is 17.1 Å². The Labute approximate surface area is 285 Å². The molecule has 0 unspecified atom stereocenters. The summed E-state index contributed by atoms with van der Waals surface area (Å²) in [7, 11) is -6.88. The number of carbonyl (C=O) groups excluding carboxylic acids is 2. The van der Waals surface area contributed by atoms with Gasteiger partial charge >= 0.3 is 6.03 Å². The maximum Gasteiger partial charge on any atom is 0.332 e. The molecule has 0 fully saturated rings. The third-order valence-corrected chi connectivity index (χ3v) is 11.2. The van der Waals surface area contributed by atoms with E-state index in [1.54, 1.807) is 6.08 Å². The number of sulfonamides is 2. The molecule has 6 N–H and O–H groups in total. The molecule has 14 heteroatoms. The summed E-state index contributed by atoms with van der Waals surface area (Å²) < 4.78 is 46.5. The first-order chi connectivity index (χ1) is 23.0. The molecule has 264 valence electrons. The number of hydrogen-bond donors (Lipinski definition) is 5. The Kier molecular flexibility index (Phi) is 13.7. The average Bonchev–Trinajstić information content (AvgIpc) is 3.84. The molecule has 0 heterocycles. The molecule has 0 spiro atoms. The first-order valence-corrected chi connectivity index (χ1v) is 20.5. The normalized spacial score (nSPS) is 15.5. The fraction of sp³-hybridized carbons (Fsp3) is 0.588. The number of carbonyl (C=O) groups is 1. The van der Waals surface area contributed by atoms with Crippen LogP contribution in [0.3, 0.4) is 0 Å². The first-order valence-electron chi connectivity index (χ1n) is 17.1. The highest BCUT2D eigenvalue weighted by molar-refractivity contribution is 7.90. The number of rotatable bonds is 11. The lowest BCUT2D eigenvalue weighted by Gasteiger charge is -2.16. The molecule has 2 aromatic carbocycles. The number of anilines is 1. The Morgan fingerprint density at radius 2 is 1.17 bits per heavy atom. The Morgan fingerprint density at radius 1 is 0.729 bits per heavy atom. The number of aliphatic imine (C=N–C) groups is 1. The minimum atomic E-state index is -3.63. The molecule has 0 aromatic heterocycles. The van der Waals surface area contributed by atoms with Gasteiger partial charge in [-0.3, -0.25) is 0 Å². The molecule has 0 atom stereocenters. The lowest BCUT2D eigenvalue weighted by molar-refractivity contribution is 0.256. The van der Waals surface area contributed by atoms with Crippen LogP contribution in [-0.2, 0) is 76.2 Å². The van der Waals surface area contributed by atoms with Gasteiger partial charge in [0.1, 0.15) is 0 Å². The summed E-state index contributed by atoms with van der Waals surface area (Å²) in [5.74, 6) is -0.0971. The smallest absolute Gasteiger partial charge is 0.316 e. The van der Waals surface area contributed by atoms with Crippen molar-refractivity contribution in [2.24, 2.45) is 10.1 Å². The summed E-state index contributed by atoms with van der Waals surface area (Å²) in [5.41, 5.74) is 12.3. The molecule has 0 aliphatic heterocycles. The molecule has 6 rings (SSSR count). The van der Waals surface area contributed by atoms with Gasteiger partial charge in [0.25, 0.3) is 0 Å². The van der Waals surface area contributed by atoms with Gasteiger partial charge < -0.3 is 16.0 Å². The van der Waals surface area contributed by atoms with E-state index >= 15 is 0 Å². The molecule has 2 aromatic rings. The molecule has 0 saturated carbocycles. The van der Waals surface area contributed by atoms with Crippen LogP contribution in [0.1, 0.15) is 84.0 Å². The number of aryl methyl sites for hydroxylation is 4. The first kappa shape index (κ1) is 37.7. The van der Waals surface area contributed by atoms with Gasteiger partial charge in [0.05, 0.1) is 17.2 Å². The number of amides is 2. The number of primary sulfonamides is 1. The number of nitrogens with one attached hydrogen (secondary N) is 4. The standard InChI is InChI=1S/C17H25N3O3S.C13H13NO.C4H12N2O2S/c1-2-18-9-10-24(22,23)20-17(21)19-16-14-7-3-5-12(14)11-13-6-4-8-15(13)16;15-8-14-13-11-5-1-3-9(11)7-10-4-2-6-12(10)13;1-2-6-3-4-9(5,7)8/h11,18H,2-10H2,1H3,(H2,19,20,21);7H,1-6H2;6H,2-4H2,1H3,(H2,5,7,8). The number of isocyanates is 1. The minimum Gasteiger partial charge on any atom is -0.316 e. The van der Waals surface area contributed by atoms with Gasteiger partial charge in [-0.15, -0.1) is 0 Å². The van der Waals surface area contributed by atoms with Gasteiger partial charge in [-0.1, -0.05) is 26.0 Å². The number of nitrogens with two attached hydrogens (primary N) is 1. The SMILES string of the molecule is CCNCCS(=O)(=O)NC(=O)Nc1c2c(cc3c1CCC3)CCC2.CCNCCS(N)(=O)=O.O=C=Nc1c2c(cc3c1CCC3)CCC2. The predicted molar refractivity (Wildman–Crippen MR) is 190 cm³/mol. The number of benzene rings is 2. The van der Waals surface area contributed by atoms with E-state index in [9.17, 15) is 26.4 Å². The van der Waals surface area contributed by atoms with E-state index in [4.69, 9.17) is 5.14 Å². The van der Waals surface area contributed by atoms with E-state index < -0.39 is 26.1 Å². The molecular weight excluding hydrogens is 653 g/mol. The molecule has 12 nitrogen and oxygen atoms in total. The van der Waals surface area contributed by atoms with E-state index in [0.29, 0.717) is 19.6 Å². The van der Waals surface area contributed by atoms with Crippen LogP contribution in [0.5, 0.6) is 0 Å². The van der Waals surface area contributed by atoms with Gasteiger partial charge in [-0.2, -0.15) is 4.99 Å². The summed E-state index contributed by atoms with van der Waals surface area (Å²) >= 11 is 0. The number of hydrogen-bond acceptors (Lipinski definition) is 9. The Morgan fingerprint density at radius 3 is 1.60 bits per heavy atom. The maximum absolute atomic E-state index is 12.2. The van der Waals surface area contributed by atoms with Crippen LogP contribution in [0.25, 0.3) is 0 Å². The molecule has 4 aliphatic rings. The minimum absolute atomic E-state index is 0.0147. The average molecular weight is 703 g/mol. The molecular formula is C34H50N6O6S2. The van der Waals surface area contributed by atoms with Crippen molar-refractivity contribution in [3.63, 3.8) is 0 Å². The van der Waals surface area contributed by atoms with E-state index in [1.807, 2.05) is 13.8 Å². The van der Waals surface area contributed by atoms with Crippen molar-refractivity contribution in [2.45, 2.75) is 90.9 Å². The van der Waals surface area contributed by atoms with Crippen molar-refractivity contribution in [3.8, 4) is 0 Å². The van der Waals surface area contributed by atoms with Gasteiger partial charge in [-0.05, 0) is 135 Å².